The second-order valence-electron chi connectivity index (χ2n) is 7.02. The molecule has 0 aromatic carbocycles. The van der Waals surface area contributed by atoms with Crippen molar-refractivity contribution < 1.29 is 14.6 Å². The first kappa shape index (κ1) is 13.4. The standard InChI is InChI=1S/C15H25NO3/c1-14(13(17)18)8-9-16(11-14)10-12-4-7-15(19-12)5-2-3-6-15/h12H,2-11H2,1H3,(H,17,18). The summed E-state index contributed by atoms with van der Waals surface area (Å²) in [5.41, 5.74) is -0.357. The number of aliphatic carboxylic acids is 1. The highest BCUT2D eigenvalue weighted by atomic mass is 16.5. The molecule has 2 unspecified atom stereocenters. The van der Waals surface area contributed by atoms with Crippen molar-refractivity contribution in [2.24, 2.45) is 5.41 Å². The Hall–Kier alpha value is -0.610. The topological polar surface area (TPSA) is 49.8 Å². The molecule has 19 heavy (non-hydrogen) atoms. The van der Waals surface area contributed by atoms with Crippen molar-refractivity contribution in [1.82, 2.24) is 4.90 Å². The zero-order valence-electron chi connectivity index (χ0n) is 11.9. The van der Waals surface area contributed by atoms with Gasteiger partial charge in [-0.15, -0.1) is 0 Å². The van der Waals surface area contributed by atoms with Gasteiger partial charge in [0.15, 0.2) is 0 Å². The van der Waals surface area contributed by atoms with Gasteiger partial charge in [-0.05, 0) is 45.6 Å². The molecule has 0 aromatic rings. The van der Waals surface area contributed by atoms with Gasteiger partial charge >= 0.3 is 5.97 Å². The zero-order valence-corrected chi connectivity index (χ0v) is 11.9. The van der Waals surface area contributed by atoms with Crippen LogP contribution in [-0.4, -0.2) is 47.3 Å². The second-order valence-corrected chi connectivity index (χ2v) is 7.02. The minimum atomic E-state index is -0.658. The normalized spacial score (nSPS) is 38.3. The van der Waals surface area contributed by atoms with Crippen molar-refractivity contribution >= 4 is 5.97 Å². The average molecular weight is 267 g/mol. The van der Waals surface area contributed by atoms with Crippen LogP contribution in [0.2, 0.25) is 0 Å². The highest BCUT2D eigenvalue weighted by molar-refractivity contribution is 5.74. The fourth-order valence-corrected chi connectivity index (χ4v) is 4.09. The van der Waals surface area contributed by atoms with Crippen LogP contribution in [-0.2, 0) is 9.53 Å². The number of carboxylic acid groups (broad SMARTS) is 1. The molecule has 0 aromatic heterocycles. The number of hydrogen-bond acceptors (Lipinski definition) is 3. The summed E-state index contributed by atoms with van der Waals surface area (Å²) in [6.45, 7) is 4.36. The summed E-state index contributed by atoms with van der Waals surface area (Å²) < 4.78 is 6.31. The van der Waals surface area contributed by atoms with Crippen molar-refractivity contribution in [3.8, 4) is 0 Å². The molecule has 1 N–H and O–H groups in total. The van der Waals surface area contributed by atoms with E-state index in [1.807, 2.05) is 6.92 Å². The summed E-state index contributed by atoms with van der Waals surface area (Å²) in [7, 11) is 0. The van der Waals surface area contributed by atoms with E-state index in [2.05, 4.69) is 4.90 Å². The molecule has 0 amide bonds. The van der Waals surface area contributed by atoms with E-state index in [-0.39, 0.29) is 5.60 Å². The fourth-order valence-electron chi connectivity index (χ4n) is 4.09. The summed E-state index contributed by atoms with van der Waals surface area (Å²) in [6, 6.07) is 0. The number of likely N-dealkylation sites (tertiary alicyclic amines) is 1. The highest BCUT2D eigenvalue weighted by Crippen LogP contribution is 2.43. The first-order valence-corrected chi connectivity index (χ1v) is 7.65. The van der Waals surface area contributed by atoms with Crippen molar-refractivity contribution in [2.45, 2.75) is 63.6 Å². The molecule has 0 bridgehead atoms. The highest BCUT2D eigenvalue weighted by Gasteiger charge is 2.45. The Labute approximate surface area is 115 Å². The lowest BCUT2D eigenvalue weighted by molar-refractivity contribution is -0.147. The number of ether oxygens (including phenoxy) is 1. The summed E-state index contributed by atoms with van der Waals surface area (Å²) in [5.74, 6) is -0.658. The Morgan fingerprint density at radius 2 is 2.05 bits per heavy atom. The van der Waals surface area contributed by atoms with Gasteiger partial charge in [0.25, 0.3) is 0 Å². The van der Waals surface area contributed by atoms with Crippen LogP contribution in [0.25, 0.3) is 0 Å². The maximum atomic E-state index is 11.3. The molecule has 1 aliphatic carbocycles. The van der Waals surface area contributed by atoms with Crippen molar-refractivity contribution in [3.63, 3.8) is 0 Å². The summed E-state index contributed by atoms with van der Waals surface area (Å²) in [6.07, 6.45) is 8.55. The lowest BCUT2D eigenvalue weighted by Gasteiger charge is -2.26. The van der Waals surface area contributed by atoms with Gasteiger partial charge in [-0.2, -0.15) is 0 Å². The summed E-state index contributed by atoms with van der Waals surface area (Å²) in [4.78, 5) is 13.5. The Bertz CT molecular complexity index is 364. The van der Waals surface area contributed by atoms with Gasteiger partial charge in [-0.3, -0.25) is 9.69 Å². The van der Waals surface area contributed by atoms with E-state index in [9.17, 15) is 9.90 Å². The van der Waals surface area contributed by atoms with E-state index in [1.165, 1.54) is 32.1 Å². The number of hydrogen-bond donors (Lipinski definition) is 1. The summed E-state index contributed by atoms with van der Waals surface area (Å²) in [5, 5.41) is 9.26. The van der Waals surface area contributed by atoms with Crippen LogP contribution >= 0.6 is 0 Å². The molecule has 2 saturated heterocycles. The first-order chi connectivity index (χ1) is 9.01. The number of carbonyl (C=O) groups is 1. The van der Waals surface area contributed by atoms with E-state index in [1.54, 1.807) is 0 Å². The summed E-state index contributed by atoms with van der Waals surface area (Å²) >= 11 is 0. The third kappa shape index (κ3) is 2.52. The van der Waals surface area contributed by atoms with Crippen LogP contribution in [0.15, 0.2) is 0 Å². The molecule has 0 radical (unpaired) electrons. The van der Waals surface area contributed by atoms with Crippen molar-refractivity contribution in [2.75, 3.05) is 19.6 Å². The van der Waals surface area contributed by atoms with Crippen LogP contribution in [0.1, 0.15) is 51.9 Å². The number of rotatable bonds is 3. The third-order valence-corrected chi connectivity index (χ3v) is 5.38. The van der Waals surface area contributed by atoms with Gasteiger partial charge in [-0.1, -0.05) is 12.8 Å². The smallest absolute Gasteiger partial charge is 0.310 e. The van der Waals surface area contributed by atoms with Crippen molar-refractivity contribution in [3.05, 3.63) is 0 Å². The van der Waals surface area contributed by atoms with Crippen LogP contribution in [0, 0.1) is 5.41 Å². The van der Waals surface area contributed by atoms with Gasteiger partial charge in [0.2, 0.25) is 0 Å². The minimum absolute atomic E-state index is 0.195. The zero-order chi connectivity index (χ0) is 13.5. The Morgan fingerprint density at radius 1 is 1.32 bits per heavy atom. The molecule has 4 heteroatoms. The largest absolute Gasteiger partial charge is 0.481 e. The minimum Gasteiger partial charge on any atom is -0.481 e. The molecule has 4 nitrogen and oxygen atoms in total. The molecule has 2 aliphatic heterocycles. The molecule has 1 spiro atoms. The van der Waals surface area contributed by atoms with Crippen LogP contribution in [0.5, 0.6) is 0 Å². The van der Waals surface area contributed by atoms with Crippen LogP contribution in [0.3, 0.4) is 0 Å². The lowest BCUT2D eigenvalue weighted by Crippen LogP contribution is -2.36. The molecule has 1 saturated carbocycles. The molecule has 3 aliphatic rings. The Morgan fingerprint density at radius 3 is 2.68 bits per heavy atom. The Balaban J connectivity index is 1.52. The average Bonchev–Trinajstić information content (AvgIpc) is 3.05. The molecule has 2 atom stereocenters. The van der Waals surface area contributed by atoms with E-state index in [0.29, 0.717) is 12.6 Å². The molecule has 3 fully saturated rings. The fraction of sp³-hybridized carbons (Fsp3) is 0.933. The molecular formula is C15H25NO3. The number of nitrogens with zero attached hydrogens (tertiary/aromatic N) is 1. The maximum Gasteiger partial charge on any atom is 0.310 e. The maximum absolute atomic E-state index is 11.3. The SMILES string of the molecule is CC1(C(=O)O)CCN(CC2CCC3(CCCC3)O2)C1. The lowest BCUT2D eigenvalue weighted by atomic mass is 9.90. The number of carboxylic acids is 1. The molecular weight excluding hydrogens is 242 g/mol. The Kier molecular flexibility index (Phi) is 3.34. The molecule has 3 rings (SSSR count). The van der Waals surface area contributed by atoms with Gasteiger partial charge in [0.1, 0.15) is 0 Å². The van der Waals surface area contributed by atoms with Crippen LogP contribution in [0.4, 0.5) is 0 Å². The first-order valence-electron chi connectivity index (χ1n) is 7.65. The van der Waals surface area contributed by atoms with E-state index >= 15 is 0 Å². The quantitative estimate of drug-likeness (QED) is 0.852. The van der Waals surface area contributed by atoms with Gasteiger partial charge in [-0.25, -0.2) is 0 Å². The van der Waals surface area contributed by atoms with Crippen LogP contribution < -0.4 is 0 Å². The third-order valence-electron chi connectivity index (χ3n) is 5.38. The monoisotopic (exact) mass is 267 g/mol. The molecule has 108 valence electrons. The predicted molar refractivity (Wildman–Crippen MR) is 72.1 cm³/mol. The van der Waals surface area contributed by atoms with E-state index < -0.39 is 11.4 Å². The van der Waals surface area contributed by atoms with Crippen molar-refractivity contribution in [1.29, 1.82) is 0 Å². The molecule has 2 heterocycles. The van der Waals surface area contributed by atoms with Gasteiger partial charge in [0.05, 0.1) is 17.1 Å². The second kappa shape index (κ2) is 4.74. The van der Waals surface area contributed by atoms with E-state index in [0.717, 1.165) is 25.9 Å². The van der Waals surface area contributed by atoms with E-state index in [4.69, 9.17) is 4.74 Å². The van der Waals surface area contributed by atoms with Gasteiger partial charge < -0.3 is 9.84 Å². The van der Waals surface area contributed by atoms with Gasteiger partial charge in [0, 0.05) is 13.1 Å². The predicted octanol–water partition coefficient (Wildman–Crippen LogP) is 2.27.